The van der Waals surface area contributed by atoms with Gasteiger partial charge in [-0.3, -0.25) is 9.69 Å². The van der Waals surface area contributed by atoms with Crippen LogP contribution in [0.2, 0.25) is 0 Å². The number of hydrogen-bond donors (Lipinski definition) is 2. The summed E-state index contributed by atoms with van der Waals surface area (Å²) in [6.45, 7) is 7.69. The first-order valence-electron chi connectivity index (χ1n) is 9.68. The molecule has 1 aromatic heterocycles. The second-order valence-electron chi connectivity index (χ2n) is 6.91. The van der Waals surface area contributed by atoms with Crippen molar-refractivity contribution in [1.82, 2.24) is 4.90 Å². The number of halogens is 1. The highest BCUT2D eigenvalue weighted by molar-refractivity contribution is 7.24. The zero-order valence-corrected chi connectivity index (χ0v) is 18.2. The maximum absolute atomic E-state index is 13.1. The Morgan fingerprint density at radius 3 is 2.64 bits per heavy atom. The van der Waals surface area contributed by atoms with Crippen molar-refractivity contribution >= 4 is 49.6 Å². The summed E-state index contributed by atoms with van der Waals surface area (Å²) >= 11 is 1.68. The molecule has 0 aliphatic rings. The van der Waals surface area contributed by atoms with Crippen LogP contribution in [0.5, 0.6) is 0 Å². The molecule has 1 heterocycles. The summed E-state index contributed by atoms with van der Waals surface area (Å²) < 4.78 is 2.09. The van der Waals surface area contributed by atoms with E-state index in [-0.39, 0.29) is 24.4 Å². The number of unbranched alkanes of at least 4 members (excludes halogenated alkanes) is 1. The largest absolute Gasteiger partial charge is 0.395 e. The average Bonchev–Trinajstić information content (AvgIpc) is 2.68. The molecular weight excluding hydrogens is 392 g/mol. The summed E-state index contributed by atoms with van der Waals surface area (Å²) in [7, 11) is 0. The van der Waals surface area contributed by atoms with Gasteiger partial charge in [0.1, 0.15) is 0 Å². The lowest BCUT2D eigenvalue weighted by Crippen LogP contribution is -2.32. The predicted molar refractivity (Wildman–Crippen MR) is 125 cm³/mol. The highest BCUT2D eigenvalue weighted by Gasteiger charge is 2.12. The molecule has 0 saturated carbocycles. The van der Waals surface area contributed by atoms with Crippen molar-refractivity contribution in [1.29, 1.82) is 0 Å². The molecule has 0 aliphatic heterocycles. The molecule has 0 bridgehead atoms. The van der Waals surface area contributed by atoms with E-state index in [1.165, 1.54) is 0 Å². The summed E-state index contributed by atoms with van der Waals surface area (Å²) in [6, 6.07) is 11.9. The third kappa shape index (κ3) is 5.03. The molecule has 0 radical (unpaired) electrons. The van der Waals surface area contributed by atoms with Crippen LogP contribution in [0.1, 0.15) is 25.3 Å². The van der Waals surface area contributed by atoms with E-state index < -0.39 is 0 Å². The molecule has 0 amide bonds. The van der Waals surface area contributed by atoms with Crippen molar-refractivity contribution in [3.05, 3.63) is 52.2 Å². The number of nitrogens with zero attached hydrogens (tertiary/aromatic N) is 1. The van der Waals surface area contributed by atoms with E-state index in [1.54, 1.807) is 11.3 Å². The summed E-state index contributed by atoms with van der Waals surface area (Å²) in [6.07, 6.45) is 2.28. The predicted octanol–water partition coefficient (Wildman–Crippen LogP) is 4.65. The first kappa shape index (κ1) is 22.6. The Kier molecular flexibility index (Phi) is 8.70. The third-order valence-electron chi connectivity index (χ3n) is 4.91. The zero-order valence-electron chi connectivity index (χ0n) is 16.5. The Balaban J connectivity index is 0.00000280. The van der Waals surface area contributed by atoms with Crippen molar-refractivity contribution in [2.45, 2.75) is 26.7 Å². The molecule has 3 rings (SSSR count). The van der Waals surface area contributed by atoms with E-state index in [0.29, 0.717) is 6.54 Å². The van der Waals surface area contributed by atoms with Gasteiger partial charge in [0.25, 0.3) is 0 Å². The van der Waals surface area contributed by atoms with E-state index in [4.69, 9.17) is 0 Å². The second kappa shape index (κ2) is 10.8. The summed E-state index contributed by atoms with van der Waals surface area (Å²) in [5, 5.41) is 14.3. The van der Waals surface area contributed by atoms with Crippen molar-refractivity contribution in [2.75, 3.05) is 38.1 Å². The minimum atomic E-state index is 0. The Morgan fingerprint density at radius 1 is 1.11 bits per heavy atom. The van der Waals surface area contributed by atoms with Crippen LogP contribution in [-0.2, 0) is 0 Å². The number of nitrogens with one attached hydrogen (secondary N) is 1. The minimum absolute atomic E-state index is 0. The molecule has 0 fully saturated rings. The summed E-state index contributed by atoms with van der Waals surface area (Å²) in [5.41, 5.74) is 2.14. The normalized spacial score (nSPS) is 11.1. The topological polar surface area (TPSA) is 52.6 Å². The van der Waals surface area contributed by atoms with Gasteiger partial charge in [0, 0.05) is 40.1 Å². The molecule has 4 nitrogen and oxygen atoms in total. The van der Waals surface area contributed by atoms with Gasteiger partial charge in [0.05, 0.1) is 12.0 Å². The maximum Gasteiger partial charge on any atom is 0.197 e. The van der Waals surface area contributed by atoms with E-state index in [1.807, 2.05) is 30.3 Å². The van der Waals surface area contributed by atoms with Crippen LogP contribution < -0.4 is 10.7 Å². The second-order valence-corrected chi connectivity index (χ2v) is 7.96. The summed E-state index contributed by atoms with van der Waals surface area (Å²) in [4.78, 5) is 15.4. The number of fused-ring (bicyclic) bond motifs is 2. The van der Waals surface area contributed by atoms with E-state index in [0.717, 1.165) is 63.9 Å². The number of aliphatic hydroxyl groups excluding tert-OH is 1. The van der Waals surface area contributed by atoms with Crippen LogP contribution in [0.4, 0.5) is 5.69 Å². The van der Waals surface area contributed by atoms with Crippen molar-refractivity contribution in [3.63, 3.8) is 0 Å². The van der Waals surface area contributed by atoms with Gasteiger partial charge in [-0.2, -0.15) is 0 Å². The lowest BCUT2D eigenvalue weighted by atomic mass is 10.1. The maximum atomic E-state index is 13.1. The fourth-order valence-electron chi connectivity index (χ4n) is 3.39. The monoisotopic (exact) mass is 420 g/mol. The van der Waals surface area contributed by atoms with Gasteiger partial charge in [-0.25, -0.2) is 0 Å². The van der Waals surface area contributed by atoms with Gasteiger partial charge in [-0.1, -0.05) is 31.5 Å². The molecule has 0 spiro atoms. The Hall–Kier alpha value is -1.66. The standard InChI is InChI=1S/C22H28N2O2S.ClH/c1-3-4-12-24(14-15-25)13-11-23-18-10-9-16(2)22-20(18)21(26)17-7-5-6-8-19(17)27-22;/h5-10,23,25H,3-4,11-15H2,1-2H3;1H. The minimum Gasteiger partial charge on any atom is -0.395 e. The van der Waals surface area contributed by atoms with E-state index >= 15 is 0 Å². The molecule has 0 saturated heterocycles. The zero-order chi connectivity index (χ0) is 19.2. The average molecular weight is 421 g/mol. The number of rotatable bonds is 9. The molecule has 0 aliphatic carbocycles. The molecule has 6 heteroatoms. The fraction of sp³-hybridized carbons (Fsp3) is 0.409. The Bertz CT molecular complexity index is 974. The van der Waals surface area contributed by atoms with Crippen molar-refractivity contribution in [2.24, 2.45) is 0 Å². The highest BCUT2D eigenvalue weighted by Crippen LogP contribution is 2.31. The highest BCUT2D eigenvalue weighted by atomic mass is 35.5. The Morgan fingerprint density at radius 2 is 1.89 bits per heavy atom. The number of hydrogen-bond acceptors (Lipinski definition) is 5. The van der Waals surface area contributed by atoms with Gasteiger partial charge in [-0.05, 0) is 43.7 Å². The molecular formula is C22H29ClN2O2S. The quantitative estimate of drug-likeness (QED) is 0.494. The van der Waals surface area contributed by atoms with E-state index in [9.17, 15) is 9.90 Å². The molecule has 0 unspecified atom stereocenters. The van der Waals surface area contributed by atoms with Gasteiger partial charge < -0.3 is 10.4 Å². The number of anilines is 1. The molecule has 2 aromatic carbocycles. The van der Waals surface area contributed by atoms with Crippen LogP contribution in [0.15, 0.2) is 41.2 Å². The Labute approximate surface area is 176 Å². The fourth-order valence-corrected chi connectivity index (χ4v) is 4.56. The van der Waals surface area contributed by atoms with Crippen LogP contribution in [0.25, 0.3) is 20.2 Å². The van der Waals surface area contributed by atoms with Crippen LogP contribution in [-0.4, -0.2) is 42.8 Å². The van der Waals surface area contributed by atoms with Crippen molar-refractivity contribution in [3.8, 4) is 0 Å². The summed E-state index contributed by atoms with van der Waals surface area (Å²) in [5.74, 6) is 0. The van der Waals surface area contributed by atoms with Gasteiger partial charge in [0.15, 0.2) is 5.43 Å². The van der Waals surface area contributed by atoms with Crippen LogP contribution >= 0.6 is 23.7 Å². The number of aliphatic hydroxyl groups is 1. The molecule has 28 heavy (non-hydrogen) atoms. The lowest BCUT2D eigenvalue weighted by molar-refractivity contribution is 0.198. The van der Waals surface area contributed by atoms with E-state index in [2.05, 4.69) is 30.1 Å². The van der Waals surface area contributed by atoms with Gasteiger partial charge in [0.2, 0.25) is 0 Å². The smallest absolute Gasteiger partial charge is 0.197 e. The number of aryl methyl sites for hydroxylation is 1. The molecule has 0 atom stereocenters. The van der Waals surface area contributed by atoms with Crippen LogP contribution in [0, 0.1) is 6.92 Å². The SMILES string of the molecule is CCCCN(CCO)CCNc1ccc(C)c2sc3ccccc3c(=O)c12.Cl. The first-order valence-corrected chi connectivity index (χ1v) is 10.5. The van der Waals surface area contributed by atoms with Gasteiger partial charge in [-0.15, -0.1) is 23.7 Å². The third-order valence-corrected chi connectivity index (χ3v) is 6.22. The lowest BCUT2D eigenvalue weighted by Gasteiger charge is -2.21. The first-order chi connectivity index (χ1) is 13.2. The number of benzene rings is 2. The molecule has 152 valence electrons. The van der Waals surface area contributed by atoms with Gasteiger partial charge >= 0.3 is 0 Å². The molecule has 2 N–H and O–H groups in total. The van der Waals surface area contributed by atoms with Crippen LogP contribution in [0.3, 0.4) is 0 Å². The molecule has 3 aromatic rings. The van der Waals surface area contributed by atoms with Crippen molar-refractivity contribution < 1.29 is 5.11 Å².